The molecule has 0 aliphatic carbocycles. The van der Waals surface area contributed by atoms with E-state index in [1.807, 2.05) is 30.3 Å². The van der Waals surface area contributed by atoms with Crippen LogP contribution in [0, 0.1) is 6.92 Å². The zero-order valence-corrected chi connectivity index (χ0v) is 13.3. The minimum absolute atomic E-state index is 0.0170. The number of benzene rings is 1. The highest BCUT2D eigenvalue weighted by atomic mass is 32.1. The third kappa shape index (κ3) is 4.16. The van der Waals surface area contributed by atoms with Crippen molar-refractivity contribution in [3.05, 3.63) is 56.8 Å². The van der Waals surface area contributed by atoms with Crippen molar-refractivity contribution in [1.29, 1.82) is 0 Å². The third-order valence-electron chi connectivity index (χ3n) is 3.42. The summed E-state index contributed by atoms with van der Waals surface area (Å²) in [4.78, 5) is 14.2. The van der Waals surface area contributed by atoms with E-state index >= 15 is 0 Å². The Morgan fingerprint density at radius 2 is 1.90 bits per heavy atom. The van der Waals surface area contributed by atoms with E-state index in [1.54, 1.807) is 11.3 Å². The molecule has 21 heavy (non-hydrogen) atoms. The van der Waals surface area contributed by atoms with E-state index in [-0.39, 0.29) is 12.5 Å². The Morgan fingerprint density at radius 3 is 2.52 bits per heavy atom. The first-order valence-electron chi connectivity index (χ1n) is 7.20. The number of thiophene rings is 1. The van der Waals surface area contributed by atoms with Gasteiger partial charge in [-0.1, -0.05) is 37.6 Å². The summed E-state index contributed by atoms with van der Waals surface area (Å²) in [6.07, 6.45) is 2.12. The van der Waals surface area contributed by atoms with Crippen molar-refractivity contribution in [2.24, 2.45) is 0 Å². The lowest BCUT2D eigenvalue weighted by atomic mass is 10.1. The van der Waals surface area contributed by atoms with Crippen LogP contribution >= 0.6 is 11.3 Å². The molecule has 0 saturated carbocycles. The number of carbonyl (C=O) groups is 1. The predicted molar refractivity (Wildman–Crippen MR) is 86.6 cm³/mol. The van der Waals surface area contributed by atoms with Gasteiger partial charge in [0.2, 0.25) is 0 Å². The summed E-state index contributed by atoms with van der Waals surface area (Å²) in [6, 6.07) is 9.60. The molecule has 0 aliphatic rings. The number of amides is 1. The number of rotatable bonds is 6. The van der Waals surface area contributed by atoms with Crippen molar-refractivity contribution in [2.75, 3.05) is 0 Å². The fraction of sp³-hybridized carbons (Fsp3) is 0.353. The fourth-order valence-corrected chi connectivity index (χ4v) is 3.17. The van der Waals surface area contributed by atoms with Crippen molar-refractivity contribution in [3.63, 3.8) is 0 Å². The van der Waals surface area contributed by atoms with Crippen molar-refractivity contribution >= 4 is 17.2 Å². The molecule has 0 radical (unpaired) electrons. The summed E-state index contributed by atoms with van der Waals surface area (Å²) < 4.78 is 0. The molecule has 0 aliphatic heterocycles. The van der Waals surface area contributed by atoms with E-state index in [2.05, 4.69) is 19.2 Å². The molecule has 0 atom stereocenters. The van der Waals surface area contributed by atoms with Gasteiger partial charge < -0.3 is 10.4 Å². The van der Waals surface area contributed by atoms with E-state index in [0.29, 0.717) is 6.54 Å². The summed E-state index contributed by atoms with van der Waals surface area (Å²) in [7, 11) is 0. The average Bonchev–Trinajstić information content (AvgIpc) is 2.87. The molecule has 0 unspecified atom stereocenters. The van der Waals surface area contributed by atoms with Gasteiger partial charge in [0.25, 0.3) is 5.91 Å². The van der Waals surface area contributed by atoms with Gasteiger partial charge in [-0.05, 0) is 36.1 Å². The number of nitrogens with one attached hydrogen (secondary N) is 1. The van der Waals surface area contributed by atoms with E-state index in [0.717, 1.165) is 28.8 Å². The molecule has 0 spiro atoms. The van der Waals surface area contributed by atoms with Gasteiger partial charge in [-0.2, -0.15) is 0 Å². The molecule has 2 aromatic rings. The van der Waals surface area contributed by atoms with E-state index in [1.165, 1.54) is 10.4 Å². The normalized spacial score (nSPS) is 10.6. The van der Waals surface area contributed by atoms with Crippen LogP contribution in [0.15, 0.2) is 30.3 Å². The topological polar surface area (TPSA) is 49.3 Å². The maximum atomic E-state index is 12.2. The second kappa shape index (κ2) is 7.38. The quantitative estimate of drug-likeness (QED) is 0.859. The number of aryl methyl sites for hydroxylation is 2. The van der Waals surface area contributed by atoms with Crippen LogP contribution in [0.1, 0.15) is 44.6 Å². The minimum atomic E-state index is -0.0170. The smallest absolute Gasteiger partial charge is 0.261 e. The Bertz CT molecular complexity index is 602. The van der Waals surface area contributed by atoms with Crippen LogP contribution in [0.5, 0.6) is 0 Å². The largest absolute Gasteiger partial charge is 0.392 e. The Labute approximate surface area is 129 Å². The van der Waals surface area contributed by atoms with Crippen molar-refractivity contribution in [3.8, 4) is 0 Å². The molecule has 1 amide bonds. The molecule has 112 valence electrons. The number of hydrogen-bond acceptors (Lipinski definition) is 3. The molecule has 2 N–H and O–H groups in total. The molecule has 0 fully saturated rings. The molecular formula is C17H21NO2S. The van der Waals surface area contributed by atoms with Crippen LogP contribution in [0.4, 0.5) is 0 Å². The summed E-state index contributed by atoms with van der Waals surface area (Å²) in [5.41, 5.74) is 3.19. The average molecular weight is 303 g/mol. The van der Waals surface area contributed by atoms with Gasteiger partial charge in [-0.15, -0.1) is 11.3 Å². The first kappa shape index (κ1) is 15.7. The first-order valence-corrected chi connectivity index (χ1v) is 8.02. The highest BCUT2D eigenvalue weighted by Gasteiger charge is 2.11. The highest BCUT2D eigenvalue weighted by Crippen LogP contribution is 2.22. The van der Waals surface area contributed by atoms with Gasteiger partial charge in [0.15, 0.2) is 0 Å². The van der Waals surface area contributed by atoms with E-state index in [4.69, 9.17) is 5.11 Å². The summed E-state index contributed by atoms with van der Waals surface area (Å²) >= 11 is 1.56. The molecule has 1 aromatic carbocycles. The molecular weight excluding hydrogens is 282 g/mol. The lowest BCUT2D eigenvalue weighted by Gasteiger charge is -2.04. The van der Waals surface area contributed by atoms with Crippen LogP contribution in [-0.4, -0.2) is 11.0 Å². The van der Waals surface area contributed by atoms with Crippen molar-refractivity contribution < 1.29 is 9.90 Å². The van der Waals surface area contributed by atoms with Crippen LogP contribution in [0.2, 0.25) is 0 Å². The number of aliphatic hydroxyl groups is 1. The Morgan fingerprint density at radius 1 is 1.24 bits per heavy atom. The lowest BCUT2D eigenvalue weighted by Crippen LogP contribution is -2.21. The zero-order chi connectivity index (χ0) is 15.2. The van der Waals surface area contributed by atoms with Crippen LogP contribution in [0.3, 0.4) is 0 Å². The second-order valence-corrected chi connectivity index (χ2v) is 6.36. The molecule has 1 aromatic heterocycles. The molecule has 4 heteroatoms. The predicted octanol–water partition coefficient (Wildman–Crippen LogP) is 3.43. The van der Waals surface area contributed by atoms with Crippen LogP contribution in [0.25, 0.3) is 0 Å². The van der Waals surface area contributed by atoms with Crippen LogP contribution < -0.4 is 5.32 Å². The summed E-state index contributed by atoms with van der Waals surface area (Å²) in [6.45, 7) is 4.76. The number of carbonyl (C=O) groups excluding carboxylic acids is 1. The van der Waals surface area contributed by atoms with Crippen LogP contribution in [-0.2, 0) is 19.6 Å². The zero-order valence-electron chi connectivity index (χ0n) is 12.5. The highest BCUT2D eigenvalue weighted by molar-refractivity contribution is 7.14. The van der Waals surface area contributed by atoms with Crippen molar-refractivity contribution in [2.45, 2.75) is 39.8 Å². The molecule has 2 rings (SSSR count). The standard InChI is InChI=1S/C17H21NO2S/c1-3-4-15-9-16(21-12(15)2)17(20)18-10-13-5-7-14(11-19)8-6-13/h5-9,19H,3-4,10-11H2,1-2H3,(H,18,20). The van der Waals surface area contributed by atoms with Gasteiger partial charge in [0.1, 0.15) is 0 Å². The fourth-order valence-electron chi connectivity index (χ4n) is 2.18. The number of aliphatic hydroxyl groups excluding tert-OH is 1. The SMILES string of the molecule is CCCc1cc(C(=O)NCc2ccc(CO)cc2)sc1C. The minimum Gasteiger partial charge on any atom is -0.392 e. The first-order chi connectivity index (χ1) is 10.1. The van der Waals surface area contributed by atoms with Gasteiger partial charge in [0, 0.05) is 11.4 Å². The van der Waals surface area contributed by atoms with Gasteiger partial charge in [0.05, 0.1) is 11.5 Å². The van der Waals surface area contributed by atoms with Gasteiger partial charge in [-0.25, -0.2) is 0 Å². The second-order valence-electron chi connectivity index (χ2n) is 5.10. The Kier molecular flexibility index (Phi) is 5.53. The van der Waals surface area contributed by atoms with Crippen molar-refractivity contribution in [1.82, 2.24) is 5.32 Å². The van der Waals surface area contributed by atoms with Gasteiger partial charge >= 0.3 is 0 Å². The maximum Gasteiger partial charge on any atom is 0.261 e. The number of hydrogen-bond donors (Lipinski definition) is 2. The monoisotopic (exact) mass is 303 g/mol. The molecule has 3 nitrogen and oxygen atoms in total. The van der Waals surface area contributed by atoms with E-state index in [9.17, 15) is 4.79 Å². The van der Waals surface area contributed by atoms with Gasteiger partial charge in [-0.3, -0.25) is 4.79 Å². The molecule has 1 heterocycles. The lowest BCUT2D eigenvalue weighted by molar-refractivity contribution is 0.0955. The summed E-state index contributed by atoms with van der Waals surface area (Å²) in [5.74, 6) is -0.0170. The Hall–Kier alpha value is -1.65. The third-order valence-corrected chi connectivity index (χ3v) is 4.51. The molecule has 0 saturated heterocycles. The maximum absolute atomic E-state index is 12.2. The van der Waals surface area contributed by atoms with E-state index < -0.39 is 0 Å². The Balaban J connectivity index is 1.96. The molecule has 0 bridgehead atoms. The summed E-state index contributed by atoms with van der Waals surface area (Å²) in [5, 5.41) is 11.9.